The Kier molecular flexibility index (Phi) is 4.82. The molecule has 116 valence electrons. The Morgan fingerprint density at radius 3 is 2.26 bits per heavy atom. The van der Waals surface area contributed by atoms with Crippen molar-refractivity contribution in [3.63, 3.8) is 0 Å². The molecule has 6 nitrogen and oxygen atoms in total. The van der Waals surface area contributed by atoms with Crippen LogP contribution in [0.25, 0.3) is 5.69 Å². The molecule has 3 aromatic rings. The van der Waals surface area contributed by atoms with Crippen molar-refractivity contribution in [2.75, 3.05) is 0 Å². The molecule has 2 aromatic carbocycles. The fraction of sp³-hybridized carbons (Fsp3) is 0.0667. The van der Waals surface area contributed by atoms with Crippen LogP contribution in [0.2, 0.25) is 0 Å². The average molecular weight is 437 g/mol. The van der Waals surface area contributed by atoms with Gasteiger partial charge in [-0.25, -0.2) is 0 Å². The number of carbonyl (C=O) groups is 1. The summed E-state index contributed by atoms with van der Waals surface area (Å²) in [6.07, 6.45) is 0. The lowest BCUT2D eigenvalue weighted by molar-refractivity contribution is 0.0949. The Morgan fingerprint density at radius 1 is 1.00 bits per heavy atom. The van der Waals surface area contributed by atoms with E-state index >= 15 is 0 Å². The molecule has 0 radical (unpaired) electrons. The minimum absolute atomic E-state index is 0.178. The molecule has 1 heterocycles. The molecule has 0 atom stereocenters. The van der Waals surface area contributed by atoms with Crippen molar-refractivity contribution in [3.05, 3.63) is 68.9 Å². The molecule has 3 rings (SSSR count). The summed E-state index contributed by atoms with van der Waals surface area (Å²) in [5, 5.41) is 14.4. The fourth-order valence-electron chi connectivity index (χ4n) is 1.96. The molecule has 0 fully saturated rings. The molecule has 1 amide bonds. The lowest BCUT2D eigenvalue weighted by Gasteiger charge is -2.07. The number of tetrazole rings is 1. The van der Waals surface area contributed by atoms with E-state index in [0.717, 1.165) is 14.6 Å². The first-order valence-electron chi connectivity index (χ1n) is 6.70. The number of amides is 1. The second kappa shape index (κ2) is 7.01. The summed E-state index contributed by atoms with van der Waals surface area (Å²) >= 11 is 6.73. The molecule has 0 aliphatic rings. The van der Waals surface area contributed by atoms with E-state index in [4.69, 9.17) is 0 Å². The third-order valence-electron chi connectivity index (χ3n) is 3.12. The zero-order valence-corrected chi connectivity index (χ0v) is 15.0. The van der Waals surface area contributed by atoms with Crippen LogP contribution in [-0.4, -0.2) is 26.1 Å². The van der Waals surface area contributed by atoms with Gasteiger partial charge in [0.25, 0.3) is 5.91 Å². The molecule has 0 bridgehead atoms. The third kappa shape index (κ3) is 3.83. The number of hydrogen-bond acceptors (Lipinski definition) is 4. The predicted molar refractivity (Wildman–Crippen MR) is 92.2 cm³/mol. The van der Waals surface area contributed by atoms with Crippen LogP contribution in [0, 0.1) is 0 Å². The molecule has 23 heavy (non-hydrogen) atoms. The molecule has 0 spiro atoms. The highest BCUT2D eigenvalue weighted by molar-refractivity contribution is 9.10. The van der Waals surface area contributed by atoms with Gasteiger partial charge in [0.1, 0.15) is 0 Å². The predicted octanol–water partition coefficient (Wildman–Crippen LogP) is 3.12. The molecule has 1 aromatic heterocycles. The van der Waals surface area contributed by atoms with Crippen LogP contribution in [0.1, 0.15) is 16.2 Å². The van der Waals surface area contributed by atoms with Gasteiger partial charge in [0.05, 0.1) is 12.2 Å². The van der Waals surface area contributed by atoms with Crippen molar-refractivity contribution in [2.24, 2.45) is 0 Å². The van der Waals surface area contributed by atoms with Crippen molar-refractivity contribution < 1.29 is 4.79 Å². The van der Waals surface area contributed by atoms with Gasteiger partial charge in [-0.2, -0.15) is 4.68 Å². The summed E-state index contributed by atoms with van der Waals surface area (Å²) in [5.74, 6) is 0.376. The number of halogens is 2. The maximum absolute atomic E-state index is 12.1. The Hall–Kier alpha value is -2.06. The Morgan fingerprint density at radius 2 is 1.61 bits per heavy atom. The van der Waals surface area contributed by atoms with E-state index in [2.05, 4.69) is 52.7 Å². The standard InChI is InChI=1S/C15H11Br2N5O/c16-11-3-1-10(2-4-11)15(23)18-9-14-19-20-21-22(14)13-7-5-12(17)6-8-13/h1-8H,9H2,(H,18,23). The highest BCUT2D eigenvalue weighted by Crippen LogP contribution is 2.14. The largest absolute Gasteiger partial charge is 0.345 e. The molecule has 0 aliphatic carbocycles. The second-order valence-corrected chi connectivity index (χ2v) is 6.50. The summed E-state index contributed by atoms with van der Waals surface area (Å²) < 4.78 is 3.49. The SMILES string of the molecule is O=C(NCc1nnnn1-c1ccc(Br)cc1)c1ccc(Br)cc1. The van der Waals surface area contributed by atoms with Crippen molar-refractivity contribution in [2.45, 2.75) is 6.54 Å². The van der Waals surface area contributed by atoms with Crippen molar-refractivity contribution in [3.8, 4) is 5.69 Å². The van der Waals surface area contributed by atoms with E-state index in [9.17, 15) is 4.79 Å². The fourth-order valence-corrected chi connectivity index (χ4v) is 2.49. The number of hydrogen-bond donors (Lipinski definition) is 1. The zero-order valence-electron chi connectivity index (χ0n) is 11.8. The topological polar surface area (TPSA) is 72.7 Å². The summed E-state index contributed by atoms with van der Waals surface area (Å²) in [4.78, 5) is 12.1. The van der Waals surface area contributed by atoms with Gasteiger partial charge in [0.15, 0.2) is 5.82 Å². The van der Waals surface area contributed by atoms with E-state index in [0.29, 0.717) is 11.4 Å². The maximum atomic E-state index is 12.1. The van der Waals surface area contributed by atoms with Gasteiger partial charge in [-0.1, -0.05) is 31.9 Å². The summed E-state index contributed by atoms with van der Waals surface area (Å²) in [6, 6.07) is 14.7. The van der Waals surface area contributed by atoms with Gasteiger partial charge < -0.3 is 5.32 Å². The summed E-state index contributed by atoms with van der Waals surface area (Å²) in [5.41, 5.74) is 1.40. The summed E-state index contributed by atoms with van der Waals surface area (Å²) in [6.45, 7) is 0.234. The molecule has 0 aliphatic heterocycles. The Balaban J connectivity index is 1.72. The van der Waals surface area contributed by atoms with Gasteiger partial charge in [-0.15, -0.1) is 5.10 Å². The van der Waals surface area contributed by atoms with E-state index < -0.39 is 0 Å². The lowest BCUT2D eigenvalue weighted by Crippen LogP contribution is -2.24. The second-order valence-electron chi connectivity index (χ2n) is 4.67. The molecular weight excluding hydrogens is 426 g/mol. The molecule has 0 saturated carbocycles. The zero-order chi connectivity index (χ0) is 16.2. The number of benzene rings is 2. The summed E-state index contributed by atoms with van der Waals surface area (Å²) in [7, 11) is 0. The van der Waals surface area contributed by atoms with Gasteiger partial charge >= 0.3 is 0 Å². The maximum Gasteiger partial charge on any atom is 0.251 e. The van der Waals surface area contributed by atoms with E-state index in [-0.39, 0.29) is 12.5 Å². The monoisotopic (exact) mass is 435 g/mol. The lowest BCUT2D eigenvalue weighted by atomic mass is 10.2. The van der Waals surface area contributed by atoms with Gasteiger partial charge in [0, 0.05) is 14.5 Å². The normalized spacial score (nSPS) is 10.5. The van der Waals surface area contributed by atoms with Crippen LogP contribution in [0.4, 0.5) is 0 Å². The quantitative estimate of drug-likeness (QED) is 0.681. The van der Waals surface area contributed by atoms with Crippen molar-refractivity contribution in [1.82, 2.24) is 25.5 Å². The third-order valence-corrected chi connectivity index (χ3v) is 4.18. The molecule has 0 saturated heterocycles. The van der Waals surface area contributed by atoms with Crippen LogP contribution in [0.15, 0.2) is 57.5 Å². The Bertz CT molecular complexity index is 815. The molecular formula is C15H11Br2N5O. The van der Waals surface area contributed by atoms with Gasteiger partial charge in [-0.05, 0) is 59.0 Å². The average Bonchev–Trinajstić information content (AvgIpc) is 3.02. The highest BCUT2D eigenvalue weighted by Gasteiger charge is 2.11. The van der Waals surface area contributed by atoms with Crippen LogP contribution in [0.3, 0.4) is 0 Å². The van der Waals surface area contributed by atoms with E-state index in [1.54, 1.807) is 16.8 Å². The molecule has 8 heteroatoms. The number of nitrogens with zero attached hydrogens (tertiary/aromatic N) is 4. The molecule has 0 unspecified atom stereocenters. The van der Waals surface area contributed by atoms with Gasteiger partial charge in [-0.3, -0.25) is 4.79 Å². The van der Waals surface area contributed by atoms with Gasteiger partial charge in [0.2, 0.25) is 0 Å². The minimum atomic E-state index is -0.178. The van der Waals surface area contributed by atoms with Crippen molar-refractivity contribution in [1.29, 1.82) is 0 Å². The number of nitrogens with one attached hydrogen (secondary N) is 1. The number of rotatable bonds is 4. The van der Waals surface area contributed by atoms with Crippen LogP contribution >= 0.6 is 31.9 Å². The van der Waals surface area contributed by atoms with E-state index in [1.165, 1.54) is 0 Å². The van der Waals surface area contributed by atoms with Crippen LogP contribution in [0.5, 0.6) is 0 Å². The minimum Gasteiger partial charge on any atom is -0.345 e. The molecule has 1 N–H and O–H groups in total. The number of aromatic nitrogens is 4. The van der Waals surface area contributed by atoms with E-state index in [1.807, 2.05) is 36.4 Å². The first-order valence-corrected chi connectivity index (χ1v) is 8.29. The van der Waals surface area contributed by atoms with Crippen LogP contribution in [-0.2, 0) is 6.54 Å². The van der Waals surface area contributed by atoms with Crippen molar-refractivity contribution >= 4 is 37.8 Å². The Labute approximate surface area is 149 Å². The first-order chi connectivity index (χ1) is 11.1. The highest BCUT2D eigenvalue weighted by atomic mass is 79.9. The smallest absolute Gasteiger partial charge is 0.251 e. The number of carbonyl (C=O) groups excluding carboxylic acids is 1. The first kappa shape index (κ1) is 15.8. The van der Waals surface area contributed by atoms with Crippen LogP contribution < -0.4 is 5.32 Å².